The molecule has 0 fully saturated rings. The van der Waals surface area contributed by atoms with Gasteiger partial charge in [-0.1, -0.05) is 25.1 Å². The SMILES string of the molecule is CCCOc1ccc(C=CC(=O)c2c(O)cc(OC)cc2OC)cc1. The molecule has 0 aromatic heterocycles. The monoisotopic (exact) mass is 342 g/mol. The van der Waals surface area contributed by atoms with Crippen LogP contribution >= 0.6 is 0 Å². The molecule has 0 radical (unpaired) electrons. The average molecular weight is 342 g/mol. The Bertz CT molecular complexity index is 747. The molecule has 0 bridgehead atoms. The van der Waals surface area contributed by atoms with E-state index in [0.29, 0.717) is 12.4 Å². The lowest BCUT2D eigenvalue weighted by Crippen LogP contribution is -2.00. The van der Waals surface area contributed by atoms with Crippen LogP contribution in [0.25, 0.3) is 6.08 Å². The summed E-state index contributed by atoms with van der Waals surface area (Å²) in [5, 5.41) is 10.1. The van der Waals surface area contributed by atoms with Gasteiger partial charge < -0.3 is 19.3 Å². The minimum Gasteiger partial charge on any atom is -0.507 e. The fourth-order valence-corrected chi connectivity index (χ4v) is 2.25. The number of benzene rings is 2. The van der Waals surface area contributed by atoms with Gasteiger partial charge in [0.05, 0.1) is 20.8 Å². The minimum absolute atomic E-state index is 0.0995. The number of ether oxygens (including phenoxy) is 3. The summed E-state index contributed by atoms with van der Waals surface area (Å²) in [6, 6.07) is 10.4. The Balaban J connectivity index is 2.17. The summed E-state index contributed by atoms with van der Waals surface area (Å²) in [6.45, 7) is 2.72. The third-order valence-corrected chi connectivity index (χ3v) is 3.54. The quantitative estimate of drug-likeness (QED) is 0.578. The first-order valence-corrected chi connectivity index (χ1v) is 7.99. The van der Waals surface area contributed by atoms with Crippen LogP contribution in [-0.4, -0.2) is 31.7 Å². The summed E-state index contributed by atoms with van der Waals surface area (Å²) in [5.74, 6) is 0.921. The predicted octanol–water partition coefficient (Wildman–Crippen LogP) is 4.09. The van der Waals surface area contributed by atoms with Gasteiger partial charge in [0.25, 0.3) is 0 Å². The lowest BCUT2D eigenvalue weighted by atomic mass is 10.1. The van der Waals surface area contributed by atoms with Crippen molar-refractivity contribution in [1.29, 1.82) is 0 Å². The van der Waals surface area contributed by atoms with Crippen LogP contribution in [-0.2, 0) is 0 Å². The third-order valence-electron chi connectivity index (χ3n) is 3.54. The molecule has 5 heteroatoms. The van der Waals surface area contributed by atoms with Gasteiger partial charge in [-0.3, -0.25) is 4.79 Å². The number of methoxy groups -OCH3 is 2. The number of phenolic OH excluding ortho intramolecular Hbond substituents is 1. The van der Waals surface area contributed by atoms with Crippen molar-refractivity contribution < 1.29 is 24.1 Å². The summed E-state index contributed by atoms with van der Waals surface area (Å²) in [6.07, 6.45) is 4.02. The second kappa shape index (κ2) is 8.78. The number of rotatable bonds is 8. The van der Waals surface area contributed by atoms with Gasteiger partial charge in [0.1, 0.15) is 28.6 Å². The molecule has 0 aliphatic carbocycles. The molecule has 2 rings (SSSR count). The van der Waals surface area contributed by atoms with E-state index in [1.807, 2.05) is 31.2 Å². The van der Waals surface area contributed by atoms with E-state index in [1.54, 1.807) is 12.1 Å². The van der Waals surface area contributed by atoms with Crippen LogP contribution in [0.1, 0.15) is 29.3 Å². The molecule has 2 aromatic rings. The first kappa shape index (κ1) is 18.4. The fourth-order valence-electron chi connectivity index (χ4n) is 2.25. The molecule has 5 nitrogen and oxygen atoms in total. The molecule has 1 N–H and O–H groups in total. The highest BCUT2D eigenvalue weighted by Crippen LogP contribution is 2.33. The molecule has 132 valence electrons. The summed E-state index contributed by atoms with van der Waals surface area (Å²) in [5.41, 5.74) is 0.951. The number of hydrogen-bond acceptors (Lipinski definition) is 5. The summed E-state index contributed by atoms with van der Waals surface area (Å²) < 4.78 is 15.8. The highest BCUT2D eigenvalue weighted by molar-refractivity contribution is 6.10. The molecule has 0 unspecified atom stereocenters. The Kier molecular flexibility index (Phi) is 6.46. The van der Waals surface area contributed by atoms with E-state index in [2.05, 4.69) is 0 Å². The van der Waals surface area contributed by atoms with Crippen molar-refractivity contribution in [2.24, 2.45) is 0 Å². The van der Waals surface area contributed by atoms with Gasteiger partial charge in [0.2, 0.25) is 0 Å². The molecule has 2 aromatic carbocycles. The molecule has 25 heavy (non-hydrogen) atoms. The van der Waals surface area contributed by atoms with Crippen molar-refractivity contribution in [2.75, 3.05) is 20.8 Å². The maximum Gasteiger partial charge on any atom is 0.193 e. The number of allylic oxidation sites excluding steroid dienone is 1. The van der Waals surface area contributed by atoms with Crippen molar-refractivity contribution >= 4 is 11.9 Å². The Morgan fingerprint density at radius 2 is 1.80 bits per heavy atom. The van der Waals surface area contributed by atoms with Crippen LogP contribution in [0.15, 0.2) is 42.5 Å². The van der Waals surface area contributed by atoms with Crippen LogP contribution in [0.2, 0.25) is 0 Å². The minimum atomic E-state index is -0.358. The lowest BCUT2D eigenvalue weighted by Gasteiger charge is -2.10. The Hall–Kier alpha value is -2.95. The third kappa shape index (κ3) is 4.76. The molecule has 0 aliphatic heterocycles. The van der Waals surface area contributed by atoms with Crippen molar-refractivity contribution in [3.8, 4) is 23.0 Å². The van der Waals surface area contributed by atoms with E-state index in [1.165, 1.54) is 26.4 Å². The Labute approximate surface area is 147 Å². The van der Waals surface area contributed by atoms with Crippen molar-refractivity contribution in [3.05, 3.63) is 53.6 Å². The highest BCUT2D eigenvalue weighted by atomic mass is 16.5. The van der Waals surface area contributed by atoms with E-state index < -0.39 is 0 Å². The molecule has 0 spiro atoms. The first-order chi connectivity index (χ1) is 12.1. The van der Waals surface area contributed by atoms with Gasteiger partial charge >= 0.3 is 0 Å². The van der Waals surface area contributed by atoms with Gasteiger partial charge in [-0.2, -0.15) is 0 Å². The molecular weight excluding hydrogens is 320 g/mol. The number of aromatic hydroxyl groups is 1. The second-order valence-electron chi connectivity index (χ2n) is 5.34. The van der Waals surface area contributed by atoms with Crippen LogP contribution in [0.5, 0.6) is 23.0 Å². The number of carbonyl (C=O) groups excluding carboxylic acids is 1. The van der Waals surface area contributed by atoms with Crippen LogP contribution in [0, 0.1) is 0 Å². The normalized spacial score (nSPS) is 10.7. The average Bonchev–Trinajstić information content (AvgIpc) is 2.64. The zero-order valence-electron chi connectivity index (χ0n) is 14.6. The van der Waals surface area contributed by atoms with Crippen molar-refractivity contribution in [1.82, 2.24) is 0 Å². The second-order valence-corrected chi connectivity index (χ2v) is 5.34. The van der Waals surface area contributed by atoms with Gasteiger partial charge in [0, 0.05) is 12.1 Å². The lowest BCUT2D eigenvalue weighted by molar-refractivity contribution is 0.104. The summed E-state index contributed by atoms with van der Waals surface area (Å²) in [4.78, 5) is 12.4. The van der Waals surface area contributed by atoms with E-state index >= 15 is 0 Å². The topological polar surface area (TPSA) is 65.0 Å². The van der Waals surface area contributed by atoms with E-state index in [0.717, 1.165) is 17.7 Å². The highest BCUT2D eigenvalue weighted by Gasteiger charge is 2.17. The predicted molar refractivity (Wildman–Crippen MR) is 96.8 cm³/mol. The van der Waals surface area contributed by atoms with Crippen LogP contribution in [0.3, 0.4) is 0 Å². The van der Waals surface area contributed by atoms with Gasteiger partial charge in [-0.25, -0.2) is 0 Å². The van der Waals surface area contributed by atoms with Gasteiger partial charge in [-0.05, 0) is 30.2 Å². The molecule has 0 saturated carbocycles. The molecule has 0 aliphatic rings. The van der Waals surface area contributed by atoms with Gasteiger partial charge in [0.15, 0.2) is 5.78 Å². The number of ketones is 1. The zero-order chi connectivity index (χ0) is 18.2. The van der Waals surface area contributed by atoms with Crippen molar-refractivity contribution in [3.63, 3.8) is 0 Å². The number of carbonyl (C=O) groups is 1. The molecular formula is C20H22O5. The summed E-state index contributed by atoms with van der Waals surface area (Å²) in [7, 11) is 2.91. The van der Waals surface area contributed by atoms with Crippen LogP contribution in [0.4, 0.5) is 0 Å². The Morgan fingerprint density at radius 3 is 2.40 bits per heavy atom. The molecule has 0 heterocycles. The standard InChI is InChI=1S/C20H22O5/c1-4-11-25-15-8-5-14(6-9-15)7-10-17(21)20-18(22)12-16(23-2)13-19(20)24-3/h5-10,12-13,22H,4,11H2,1-3H3. The molecule has 0 amide bonds. The Morgan fingerprint density at radius 1 is 1.08 bits per heavy atom. The van der Waals surface area contributed by atoms with E-state index in [4.69, 9.17) is 14.2 Å². The maximum absolute atomic E-state index is 12.4. The molecule has 0 saturated heterocycles. The first-order valence-electron chi connectivity index (χ1n) is 7.99. The zero-order valence-corrected chi connectivity index (χ0v) is 14.6. The van der Waals surface area contributed by atoms with Crippen LogP contribution < -0.4 is 14.2 Å². The van der Waals surface area contributed by atoms with E-state index in [-0.39, 0.29) is 22.8 Å². The van der Waals surface area contributed by atoms with E-state index in [9.17, 15) is 9.90 Å². The number of hydrogen-bond donors (Lipinski definition) is 1. The van der Waals surface area contributed by atoms with Gasteiger partial charge in [-0.15, -0.1) is 0 Å². The largest absolute Gasteiger partial charge is 0.507 e. The fraction of sp³-hybridized carbons (Fsp3) is 0.250. The summed E-state index contributed by atoms with van der Waals surface area (Å²) >= 11 is 0. The van der Waals surface area contributed by atoms with Crippen molar-refractivity contribution in [2.45, 2.75) is 13.3 Å². The smallest absolute Gasteiger partial charge is 0.193 e. The maximum atomic E-state index is 12.4. The number of phenols is 1. The molecule has 0 atom stereocenters.